The van der Waals surface area contributed by atoms with Gasteiger partial charge in [-0.25, -0.2) is 14.5 Å². The fourth-order valence-electron chi connectivity index (χ4n) is 3.25. The smallest absolute Gasteiger partial charge is 0.217 e. The van der Waals surface area contributed by atoms with Gasteiger partial charge >= 0.3 is 0 Å². The molecule has 1 atom stereocenters. The first-order chi connectivity index (χ1) is 10.8. The summed E-state index contributed by atoms with van der Waals surface area (Å²) in [6.45, 7) is 2.32. The van der Waals surface area contributed by atoms with E-state index in [9.17, 15) is 0 Å². The molecule has 110 valence electrons. The highest BCUT2D eigenvalue weighted by Crippen LogP contribution is 2.38. The van der Waals surface area contributed by atoms with Crippen molar-refractivity contribution in [1.29, 1.82) is 0 Å². The predicted molar refractivity (Wildman–Crippen MR) is 85.1 cm³/mol. The van der Waals surface area contributed by atoms with Crippen LogP contribution in [0.1, 0.15) is 23.8 Å². The first kappa shape index (κ1) is 12.3. The number of furan rings is 1. The van der Waals surface area contributed by atoms with Gasteiger partial charge < -0.3 is 4.42 Å². The van der Waals surface area contributed by atoms with Crippen molar-refractivity contribution in [1.82, 2.24) is 19.6 Å². The Bertz CT molecular complexity index is 983. The Kier molecular flexibility index (Phi) is 2.47. The molecule has 0 bridgehead atoms. The number of fused-ring (bicyclic) bond motifs is 5. The lowest BCUT2D eigenvalue weighted by Gasteiger charge is -2.17. The zero-order valence-corrected chi connectivity index (χ0v) is 12.9. The summed E-state index contributed by atoms with van der Waals surface area (Å²) in [4.78, 5) is 11.8. The Morgan fingerprint density at radius 1 is 1.41 bits per heavy atom. The molecule has 0 unspecified atom stereocenters. The maximum atomic E-state index is 5.41. The number of aromatic nitrogens is 4. The minimum atomic E-state index is 0.614. The monoisotopic (exact) mass is 310 g/mol. The summed E-state index contributed by atoms with van der Waals surface area (Å²) in [6, 6.07) is 3.73. The van der Waals surface area contributed by atoms with Gasteiger partial charge in [0.05, 0.1) is 11.6 Å². The predicted octanol–water partition coefficient (Wildman–Crippen LogP) is 3.72. The van der Waals surface area contributed by atoms with E-state index in [0.717, 1.165) is 29.2 Å². The van der Waals surface area contributed by atoms with Crippen LogP contribution in [0.25, 0.3) is 27.4 Å². The van der Waals surface area contributed by atoms with E-state index < -0.39 is 0 Å². The number of thiophene rings is 1. The lowest BCUT2D eigenvalue weighted by Crippen LogP contribution is -2.08. The molecule has 5 rings (SSSR count). The molecule has 6 heteroatoms. The van der Waals surface area contributed by atoms with Crippen molar-refractivity contribution in [3.05, 3.63) is 35.2 Å². The van der Waals surface area contributed by atoms with Gasteiger partial charge in [-0.1, -0.05) is 6.92 Å². The molecule has 5 nitrogen and oxygen atoms in total. The van der Waals surface area contributed by atoms with E-state index in [1.54, 1.807) is 17.1 Å². The third-order valence-corrected chi connectivity index (χ3v) is 5.54. The van der Waals surface area contributed by atoms with E-state index in [4.69, 9.17) is 9.40 Å². The molecule has 0 aromatic carbocycles. The summed E-state index contributed by atoms with van der Waals surface area (Å²) in [5.41, 5.74) is 2.32. The molecule has 4 heterocycles. The molecule has 0 radical (unpaired) electrons. The molecule has 0 saturated heterocycles. The Morgan fingerprint density at radius 2 is 2.36 bits per heavy atom. The Hall–Kier alpha value is -2.21. The molecule has 0 fully saturated rings. The molecular formula is C16H14N4OS. The second kappa shape index (κ2) is 4.39. The first-order valence-electron chi connectivity index (χ1n) is 7.49. The molecule has 1 aliphatic carbocycles. The number of hydrogen-bond acceptors (Lipinski definition) is 5. The SMILES string of the molecule is C[C@H]1CCc2c(sc3ncn4nc(-c5ccco5)nc4c23)C1. The van der Waals surface area contributed by atoms with Crippen LogP contribution in [-0.4, -0.2) is 19.6 Å². The van der Waals surface area contributed by atoms with Gasteiger partial charge in [0.2, 0.25) is 5.82 Å². The Labute approximate surface area is 130 Å². The third kappa shape index (κ3) is 1.67. The minimum absolute atomic E-state index is 0.614. The second-order valence-electron chi connectivity index (χ2n) is 5.96. The lowest BCUT2D eigenvalue weighted by atomic mass is 9.89. The molecule has 22 heavy (non-hydrogen) atoms. The molecule has 0 saturated carbocycles. The molecule has 4 aromatic rings. The zero-order valence-electron chi connectivity index (χ0n) is 12.1. The fraction of sp³-hybridized carbons (Fsp3) is 0.312. The molecule has 0 spiro atoms. The minimum Gasteiger partial charge on any atom is -0.461 e. The van der Waals surface area contributed by atoms with Crippen LogP contribution in [0.2, 0.25) is 0 Å². The summed E-state index contributed by atoms with van der Waals surface area (Å²) in [5.74, 6) is 2.06. The molecule has 1 aliphatic rings. The van der Waals surface area contributed by atoms with Crippen molar-refractivity contribution in [3.63, 3.8) is 0 Å². The maximum absolute atomic E-state index is 5.41. The van der Waals surface area contributed by atoms with Crippen molar-refractivity contribution >= 4 is 27.2 Å². The van der Waals surface area contributed by atoms with Gasteiger partial charge in [0.25, 0.3) is 0 Å². The average molecular weight is 310 g/mol. The average Bonchev–Trinajstić information content (AvgIpc) is 3.22. The van der Waals surface area contributed by atoms with Crippen LogP contribution in [0.4, 0.5) is 0 Å². The number of nitrogens with zero attached hydrogens (tertiary/aromatic N) is 4. The van der Waals surface area contributed by atoms with Crippen LogP contribution in [0.3, 0.4) is 0 Å². The van der Waals surface area contributed by atoms with Gasteiger partial charge in [0.15, 0.2) is 11.4 Å². The van der Waals surface area contributed by atoms with Crippen molar-refractivity contribution in [2.75, 3.05) is 0 Å². The van der Waals surface area contributed by atoms with Gasteiger partial charge in [0.1, 0.15) is 11.2 Å². The zero-order chi connectivity index (χ0) is 14.7. The van der Waals surface area contributed by atoms with Gasteiger partial charge in [0, 0.05) is 4.88 Å². The Balaban J connectivity index is 1.80. The van der Waals surface area contributed by atoms with Crippen molar-refractivity contribution in [2.45, 2.75) is 26.2 Å². The van der Waals surface area contributed by atoms with Crippen molar-refractivity contribution in [2.24, 2.45) is 5.92 Å². The third-order valence-electron chi connectivity index (χ3n) is 4.37. The summed E-state index contributed by atoms with van der Waals surface area (Å²) in [7, 11) is 0. The Morgan fingerprint density at radius 3 is 3.23 bits per heavy atom. The van der Waals surface area contributed by atoms with Crippen LogP contribution in [-0.2, 0) is 12.8 Å². The van der Waals surface area contributed by atoms with E-state index >= 15 is 0 Å². The topological polar surface area (TPSA) is 56.2 Å². The highest BCUT2D eigenvalue weighted by atomic mass is 32.1. The molecule has 0 amide bonds. The lowest BCUT2D eigenvalue weighted by molar-refractivity contribution is 0.509. The van der Waals surface area contributed by atoms with Crippen LogP contribution in [0.5, 0.6) is 0 Å². The van der Waals surface area contributed by atoms with Crippen LogP contribution < -0.4 is 0 Å². The van der Waals surface area contributed by atoms with Crippen LogP contribution in [0, 0.1) is 5.92 Å². The highest BCUT2D eigenvalue weighted by Gasteiger charge is 2.23. The van der Waals surface area contributed by atoms with Crippen molar-refractivity contribution < 1.29 is 4.42 Å². The quantitative estimate of drug-likeness (QED) is 0.537. The molecule has 0 N–H and O–H groups in total. The summed E-state index contributed by atoms with van der Waals surface area (Å²) >= 11 is 1.81. The van der Waals surface area contributed by atoms with E-state index in [-0.39, 0.29) is 0 Å². The fourth-order valence-corrected chi connectivity index (χ4v) is 4.59. The van der Waals surface area contributed by atoms with Crippen molar-refractivity contribution in [3.8, 4) is 11.6 Å². The van der Waals surface area contributed by atoms with Crippen LogP contribution >= 0.6 is 11.3 Å². The highest BCUT2D eigenvalue weighted by molar-refractivity contribution is 7.19. The van der Waals surface area contributed by atoms with Gasteiger partial charge in [-0.3, -0.25) is 0 Å². The number of hydrogen-bond donors (Lipinski definition) is 0. The largest absolute Gasteiger partial charge is 0.461 e. The molecule has 4 aromatic heterocycles. The number of rotatable bonds is 1. The van der Waals surface area contributed by atoms with Gasteiger partial charge in [-0.15, -0.1) is 16.4 Å². The number of aryl methyl sites for hydroxylation is 1. The second-order valence-corrected chi connectivity index (χ2v) is 7.04. The van der Waals surface area contributed by atoms with Gasteiger partial charge in [-0.05, 0) is 42.9 Å². The summed E-state index contributed by atoms with van der Waals surface area (Å²) < 4.78 is 7.18. The van der Waals surface area contributed by atoms with Crippen LogP contribution in [0.15, 0.2) is 29.1 Å². The maximum Gasteiger partial charge on any atom is 0.217 e. The summed E-state index contributed by atoms with van der Waals surface area (Å²) in [6.07, 6.45) is 6.90. The summed E-state index contributed by atoms with van der Waals surface area (Å²) in [5, 5.41) is 5.68. The first-order valence-corrected chi connectivity index (χ1v) is 8.31. The molecule has 0 aliphatic heterocycles. The normalized spacial score (nSPS) is 18.1. The van der Waals surface area contributed by atoms with E-state index in [2.05, 4.69) is 17.0 Å². The van der Waals surface area contributed by atoms with Gasteiger partial charge in [-0.2, -0.15) is 0 Å². The van der Waals surface area contributed by atoms with E-state index in [0.29, 0.717) is 11.6 Å². The standard InChI is InChI=1S/C16H14N4OS/c1-9-4-5-10-12(7-9)22-16-13(10)15-18-14(11-3-2-6-21-11)19-20(15)8-17-16/h2-3,6,8-9H,4-5,7H2,1H3/t9-/m0/s1. The van der Waals surface area contributed by atoms with E-state index in [1.807, 2.05) is 23.5 Å². The van der Waals surface area contributed by atoms with E-state index in [1.165, 1.54) is 22.2 Å². The molecular weight excluding hydrogens is 296 g/mol.